The topological polar surface area (TPSA) is 54.3 Å². The third-order valence-corrected chi connectivity index (χ3v) is 5.05. The molecule has 3 heterocycles. The van der Waals surface area contributed by atoms with Gasteiger partial charge in [-0.25, -0.2) is 0 Å². The number of thiophene rings is 1. The highest BCUT2D eigenvalue weighted by Gasteiger charge is 2.25. The monoisotopic (exact) mass is 343 g/mol. The van der Waals surface area contributed by atoms with Gasteiger partial charge in [-0.3, -0.25) is 9.59 Å². The van der Waals surface area contributed by atoms with E-state index in [0.717, 1.165) is 17.1 Å². The van der Waals surface area contributed by atoms with Gasteiger partial charge in [-0.15, -0.1) is 11.3 Å². The number of nitrogens with zero attached hydrogens (tertiary/aromatic N) is 2. The fourth-order valence-corrected chi connectivity index (χ4v) is 3.60. The Morgan fingerprint density at radius 3 is 2.96 bits per heavy atom. The first-order chi connectivity index (χ1) is 11.7. The minimum Gasteiger partial charge on any atom is -0.359 e. The zero-order chi connectivity index (χ0) is 16.9. The van der Waals surface area contributed by atoms with Gasteiger partial charge in [0.1, 0.15) is 0 Å². The van der Waals surface area contributed by atoms with Crippen LogP contribution in [0.25, 0.3) is 6.08 Å². The smallest absolute Gasteiger partial charge is 0.246 e. The van der Waals surface area contributed by atoms with E-state index in [1.54, 1.807) is 24.5 Å². The van der Waals surface area contributed by atoms with E-state index in [0.29, 0.717) is 19.5 Å². The van der Waals surface area contributed by atoms with Crippen LogP contribution >= 0.6 is 11.3 Å². The summed E-state index contributed by atoms with van der Waals surface area (Å²) in [7, 11) is 1.65. The van der Waals surface area contributed by atoms with Crippen LogP contribution in [-0.4, -0.2) is 34.9 Å². The number of carbonyl (C=O) groups excluding carboxylic acids is 2. The molecule has 0 radical (unpaired) electrons. The molecule has 1 N–H and O–H groups in total. The second-order valence-corrected chi connectivity index (χ2v) is 6.94. The molecule has 126 valence electrons. The summed E-state index contributed by atoms with van der Waals surface area (Å²) in [5.74, 6) is 0.106. The van der Waals surface area contributed by atoms with Crippen LogP contribution in [0, 0.1) is 5.92 Å². The lowest BCUT2D eigenvalue weighted by Crippen LogP contribution is -2.34. The lowest BCUT2D eigenvalue weighted by atomic mass is 10.0. The molecule has 1 aliphatic heterocycles. The average molecular weight is 343 g/mol. The Bertz CT molecular complexity index is 733. The van der Waals surface area contributed by atoms with Crippen molar-refractivity contribution in [3.05, 3.63) is 52.5 Å². The molecule has 1 unspecified atom stereocenters. The molecule has 3 rings (SSSR count). The normalized spacial score (nSPS) is 17.5. The van der Waals surface area contributed by atoms with Gasteiger partial charge in [-0.2, -0.15) is 0 Å². The third kappa shape index (κ3) is 3.94. The lowest BCUT2D eigenvalue weighted by Gasteiger charge is -2.22. The number of fused-ring (bicyclic) bond motifs is 1. The van der Waals surface area contributed by atoms with Crippen LogP contribution in [0.3, 0.4) is 0 Å². The average Bonchev–Trinajstić information content (AvgIpc) is 3.21. The van der Waals surface area contributed by atoms with Crippen molar-refractivity contribution in [3.8, 4) is 0 Å². The summed E-state index contributed by atoms with van der Waals surface area (Å²) in [6.07, 6.45) is 5.92. The minimum absolute atomic E-state index is 0.0112. The van der Waals surface area contributed by atoms with E-state index >= 15 is 0 Å². The van der Waals surface area contributed by atoms with Gasteiger partial charge in [0.05, 0.1) is 6.54 Å². The predicted molar refractivity (Wildman–Crippen MR) is 95.4 cm³/mol. The summed E-state index contributed by atoms with van der Waals surface area (Å²) >= 11 is 1.60. The fraction of sp³-hybridized carbons (Fsp3) is 0.333. The predicted octanol–water partition coefficient (Wildman–Crippen LogP) is 2.36. The number of aromatic nitrogens is 1. The second-order valence-electron chi connectivity index (χ2n) is 5.96. The molecule has 0 saturated heterocycles. The summed E-state index contributed by atoms with van der Waals surface area (Å²) in [5.41, 5.74) is 1.10. The van der Waals surface area contributed by atoms with E-state index in [1.807, 2.05) is 46.8 Å². The molecule has 5 nitrogen and oxygen atoms in total. The van der Waals surface area contributed by atoms with Gasteiger partial charge in [-0.05, 0) is 29.7 Å². The van der Waals surface area contributed by atoms with Gasteiger partial charge < -0.3 is 14.8 Å². The Hall–Kier alpha value is -2.34. The molecule has 0 spiro atoms. The summed E-state index contributed by atoms with van der Waals surface area (Å²) in [6, 6.07) is 7.97. The van der Waals surface area contributed by atoms with Crippen molar-refractivity contribution in [2.24, 2.45) is 5.92 Å². The molecule has 1 aliphatic rings. The largest absolute Gasteiger partial charge is 0.359 e. The zero-order valence-corrected chi connectivity index (χ0v) is 14.5. The van der Waals surface area contributed by atoms with Gasteiger partial charge in [0.2, 0.25) is 11.8 Å². The molecule has 0 fully saturated rings. The van der Waals surface area contributed by atoms with Crippen molar-refractivity contribution in [2.75, 3.05) is 13.6 Å². The number of nitrogens with one attached hydrogen (secondary N) is 1. The molecule has 0 bridgehead atoms. The Morgan fingerprint density at radius 2 is 2.21 bits per heavy atom. The first-order valence-corrected chi connectivity index (χ1v) is 8.89. The maximum atomic E-state index is 12.6. The van der Waals surface area contributed by atoms with Crippen LogP contribution in [0.2, 0.25) is 0 Å². The summed E-state index contributed by atoms with van der Waals surface area (Å²) in [4.78, 5) is 27.3. The second kappa shape index (κ2) is 7.49. The van der Waals surface area contributed by atoms with Crippen molar-refractivity contribution in [1.29, 1.82) is 0 Å². The molecule has 2 amide bonds. The maximum absolute atomic E-state index is 12.6. The number of rotatable bonds is 4. The Balaban J connectivity index is 1.76. The Labute approximate surface area is 145 Å². The van der Waals surface area contributed by atoms with Gasteiger partial charge in [0, 0.05) is 55.3 Å². The first kappa shape index (κ1) is 16.5. The molecule has 2 aromatic rings. The minimum atomic E-state index is -0.0139. The summed E-state index contributed by atoms with van der Waals surface area (Å²) in [5, 5.41) is 4.66. The van der Waals surface area contributed by atoms with E-state index < -0.39 is 0 Å². The van der Waals surface area contributed by atoms with Crippen molar-refractivity contribution in [3.63, 3.8) is 0 Å². The van der Waals surface area contributed by atoms with Crippen LogP contribution in [0.15, 0.2) is 41.9 Å². The van der Waals surface area contributed by atoms with Crippen molar-refractivity contribution >= 4 is 29.2 Å². The number of hydrogen-bond acceptors (Lipinski definition) is 3. The molecule has 0 aromatic carbocycles. The highest BCUT2D eigenvalue weighted by molar-refractivity contribution is 7.10. The van der Waals surface area contributed by atoms with Crippen LogP contribution in [0.1, 0.15) is 17.0 Å². The zero-order valence-electron chi connectivity index (χ0n) is 13.6. The van der Waals surface area contributed by atoms with Crippen molar-refractivity contribution in [2.45, 2.75) is 19.5 Å². The molecule has 1 atom stereocenters. The van der Waals surface area contributed by atoms with Crippen molar-refractivity contribution < 1.29 is 9.59 Å². The summed E-state index contributed by atoms with van der Waals surface area (Å²) < 4.78 is 2.14. The highest BCUT2D eigenvalue weighted by Crippen LogP contribution is 2.20. The Morgan fingerprint density at radius 1 is 1.33 bits per heavy atom. The van der Waals surface area contributed by atoms with Crippen LogP contribution in [0.4, 0.5) is 0 Å². The molecular formula is C18H21N3O2S. The van der Waals surface area contributed by atoms with Gasteiger partial charge >= 0.3 is 0 Å². The van der Waals surface area contributed by atoms with E-state index in [-0.39, 0.29) is 17.7 Å². The van der Waals surface area contributed by atoms with E-state index in [9.17, 15) is 9.59 Å². The number of amides is 2. The van der Waals surface area contributed by atoms with Gasteiger partial charge in [-0.1, -0.05) is 6.07 Å². The number of hydrogen-bond donors (Lipinski definition) is 1. The summed E-state index contributed by atoms with van der Waals surface area (Å²) in [6.45, 7) is 1.92. The highest BCUT2D eigenvalue weighted by atomic mass is 32.1. The number of carbonyl (C=O) groups is 2. The van der Waals surface area contributed by atoms with E-state index in [1.165, 1.54) is 0 Å². The standard InChI is InChI=1S/C18H21N3O2S/c1-19-17(22)10-14-11-20-8-2-4-15(20)13-21(12-14)18(23)7-6-16-5-3-9-24-16/h2-9,14H,10-13H2,1H3,(H,19,22)/b7-6+. The molecule has 24 heavy (non-hydrogen) atoms. The molecular weight excluding hydrogens is 322 g/mol. The van der Waals surface area contributed by atoms with E-state index in [2.05, 4.69) is 9.88 Å². The maximum Gasteiger partial charge on any atom is 0.246 e. The molecule has 0 aliphatic carbocycles. The van der Waals surface area contributed by atoms with Gasteiger partial charge in [0.15, 0.2) is 0 Å². The third-order valence-electron chi connectivity index (χ3n) is 4.21. The molecule has 6 heteroatoms. The fourth-order valence-electron chi connectivity index (χ4n) is 2.98. The SMILES string of the molecule is CNC(=O)CC1CN(C(=O)/C=C/c2cccs2)Cc2cccn2C1. The Kier molecular flexibility index (Phi) is 5.15. The van der Waals surface area contributed by atoms with Crippen LogP contribution in [-0.2, 0) is 22.7 Å². The van der Waals surface area contributed by atoms with Gasteiger partial charge in [0.25, 0.3) is 0 Å². The molecule has 0 saturated carbocycles. The molecule has 2 aromatic heterocycles. The lowest BCUT2D eigenvalue weighted by molar-refractivity contribution is -0.128. The van der Waals surface area contributed by atoms with Crippen molar-refractivity contribution in [1.82, 2.24) is 14.8 Å². The van der Waals surface area contributed by atoms with Crippen LogP contribution in [0.5, 0.6) is 0 Å². The first-order valence-electron chi connectivity index (χ1n) is 8.01. The van der Waals surface area contributed by atoms with E-state index in [4.69, 9.17) is 0 Å². The van der Waals surface area contributed by atoms with Crippen LogP contribution < -0.4 is 5.32 Å². The quantitative estimate of drug-likeness (QED) is 0.867.